The molecule has 102 valence electrons. The van der Waals surface area contributed by atoms with Crippen LogP contribution in [0.4, 0.5) is 0 Å². The number of sulfone groups is 2. The first-order valence-corrected chi connectivity index (χ1v) is 8.77. The first-order chi connectivity index (χ1) is 8.10. The molecule has 0 bridgehead atoms. The molecule has 0 spiro atoms. The molecule has 0 radical (unpaired) electrons. The summed E-state index contributed by atoms with van der Waals surface area (Å²) in [5, 5.41) is -1.05. The molecule has 0 aliphatic carbocycles. The zero-order valence-corrected chi connectivity index (χ0v) is 12.5. The van der Waals surface area contributed by atoms with Gasteiger partial charge >= 0.3 is 0 Å². The molecule has 0 aliphatic heterocycles. The molecule has 0 aliphatic rings. The zero-order valence-electron chi connectivity index (χ0n) is 10.9. The van der Waals surface area contributed by atoms with Gasteiger partial charge in [-0.1, -0.05) is 0 Å². The average molecular weight is 290 g/mol. The summed E-state index contributed by atoms with van der Waals surface area (Å²) in [5.74, 6) is 0. The fourth-order valence-corrected chi connectivity index (χ4v) is 3.48. The second-order valence-electron chi connectivity index (χ2n) is 4.66. The maximum Gasteiger partial charge on any atom is 0.180 e. The molecule has 0 saturated carbocycles. The lowest BCUT2D eigenvalue weighted by Crippen LogP contribution is -2.16. The molecule has 0 N–H and O–H groups in total. The summed E-state index contributed by atoms with van der Waals surface area (Å²) in [4.78, 5) is 0.306. The highest BCUT2D eigenvalue weighted by atomic mass is 32.2. The van der Waals surface area contributed by atoms with Gasteiger partial charge in [0.05, 0.1) is 20.3 Å². The maximum atomic E-state index is 11.9. The molecule has 0 fully saturated rings. The van der Waals surface area contributed by atoms with Crippen molar-refractivity contribution in [1.29, 1.82) is 0 Å². The van der Waals surface area contributed by atoms with E-state index in [1.54, 1.807) is 27.7 Å². The molecule has 6 heteroatoms. The van der Waals surface area contributed by atoms with Crippen LogP contribution in [-0.2, 0) is 19.7 Å². The van der Waals surface area contributed by atoms with E-state index < -0.39 is 30.2 Å². The second kappa shape index (κ2) is 5.01. The van der Waals surface area contributed by atoms with E-state index in [9.17, 15) is 16.8 Å². The van der Waals surface area contributed by atoms with Crippen LogP contribution >= 0.6 is 0 Å². The smallest absolute Gasteiger partial charge is 0.180 e. The lowest BCUT2D eigenvalue weighted by molar-refractivity contribution is 0.583. The van der Waals surface area contributed by atoms with E-state index in [2.05, 4.69) is 0 Å². The summed E-state index contributed by atoms with van der Waals surface area (Å²) in [7, 11) is -6.71. The van der Waals surface area contributed by atoms with Crippen LogP contribution in [0.2, 0.25) is 0 Å². The number of hydrogen-bond acceptors (Lipinski definition) is 4. The average Bonchev–Trinajstić information content (AvgIpc) is 2.28. The number of benzene rings is 1. The molecular weight excluding hydrogens is 272 g/mol. The van der Waals surface area contributed by atoms with Gasteiger partial charge in [0, 0.05) is 0 Å². The van der Waals surface area contributed by atoms with Crippen molar-refractivity contribution in [3.05, 3.63) is 24.3 Å². The highest BCUT2D eigenvalue weighted by Gasteiger charge is 2.22. The van der Waals surface area contributed by atoms with Crippen molar-refractivity contribution < 1.29 is 16.8 Å². The Morgan fingerprint density at radius 2 is 0.889 bits per heavy atom. The third-order valence-electron chi connectivity index (χ3n) is 2.72. The van der Waals surface area contributed by atoms with Gasteiger partial charge in [-0.25, -0.2) is 16.8 Å². The van der Waals surface area contributed by atoms with Crippen LogP contribution in [0.25, 0.3) is 0 Å². The van der Waals surface area contributed by atoms with Crippen molar-refractivity contribution >= 4 is 19.7 Å². The first kappa shape index (κ1) is 15.2. The lowest BCUT2D eigenvalue weighted by Gasteiger charge is -2.10. The molecule has 4 nitrogen and oxygen atoms in total. The second-order valence-corrected chi connectivity index (χ2v) is 9.67. The van der Waals surface area contributed by atoms with Crippen LogP contribution in [0.15, 0.2) is 34.1 Å². The number of hydrogen-bond donors (Lipinski definition) is 0. The molecule has 0 amide bonds. The van der Waals surface area contributed by atoms with Gasteiger partial charge in [-0.3, -0.25) is 0 Å². The fraction of sp³-hybridized carbons (Fsp3) is 0.500. The summed E-state index contributed by atoms with van der Waals surface area (Å²) in [6, 6.07) is 5.41. The predicted molar refractivity (Wildman–Crippen MR) is 71.1 cm³/mol. The highest BCUT2D eigenvalue weighted by molar-refractivity contribution is 7.92. The molecule has 1 aromatic carbocycles. The minimum absolute atomic E-state index is 0.153. The Kier molecular flexibility index (Phi) is 4.23. The monoisotopic (exact) mass is 290 g/mol. The van der Waals surface area contributed by atoms with E-state index in [1.807, 2.05) is 0 Å². The Hall–Kier alpha value is -0.880. The van der Waals surface area contributed by atoms with E-state index in [4.69, 9.17) is 0 Å². The highest BCUT2D eigenvalue weighted by Crippen LogP contribution is 2.21. The summed E-state index contributed by atoms with van der Waals surface area (Å²) < 4.78 is 47.5. The van der Waals surface area contributed by atoms with E-state index in [0.29, 0.717) is 0 Å². The van der Waals surface area contributed by atoms with Gasteiger partial charge in [-0.05, 0) is 52.0 Å². The summed E-state index contributed by atoms with van der Waals surface area (Å²) >= 11 is 0. The zero-order chi connectivity index (χ0) is 14.1. The molecular formula is C12H18O4S2. The Balaban J connectivity index is 3.25. The van der Waals surface area contributed by atoms with E-state index in [0.717, 1.165) is 0 Å². The van der Waals surface area contributed by atoms with Crippen LogP contribution in [0, 0.1) is 0 Å². The van der Waals surface area contributed by atoms with Gasteiger partial charge in [-0.2, -0.15) is 0 Å². The van der Waals surface area contributed by atoms with Crippen LogP contribution < -0.4 is 0 Å². The van der Waals surface area contributed by atoms with Gasteiger partial charge in [0.25, 0.3) is 0 Å². The minimum atomic E-state index is -3.35. The third-order valence-corrected chi connectivity index (χ3v) is 7.06. The fourth-order valence-electron chi connectivity index (χ4n) is 1.36. The van der Waals surface area contributed by atoms with E-state index >= 15 is 0 Å². The molecule has 18 heavy (non-hydrogen) atoms. The predicted octanol–water partition coefficient (Wildman–Crippen LogP) is 2.05. The third kappa shape index (κ3) is 2.75. The Labute approximate surface area is 109 Å². The molecule has 0 aromatic heterocycles. The summed E-state index contributed by atoms with van der Waals surface area (Å²) in [6.07, 6.45) is 0. The van der Waals surface area contributed by atoms with Crippen molar-refractivity contribution in [2.45, 2.75) is 48.0 Å². The van der Waals surface area contributed by atoms with Crippen molar-refractivity contribution in [1.82, 2.24) is 0 Å². The molecule has 0 heterocycles. The molecule has 1 rings (SSSR count). The number of rotatable bonds is 4. The summed E-state index contributed by atoms with van der Waals surface area (Å²) in [5.41, 5.74) is 0. The molecule has 0 saturated heterocycles. The Morgan fingerprint density at radius 3 is 1.06 bits per heavy atom. The van der Waals surface area contributed by atoms with Gasteiger partial charge in [-0.15, -0.1) is 0 Å². The van der Waals surface area contributed by atoms with E-state index in [-0.39, 0.29) is 9.79 Å². The van der Waals surface area contributed by atoms with Crippen molar-refractivity contribution in [3.8, 4) is 0 Å². The molecule has 0 unspecified atom stereocenters. The quantitative estimate of drug-likeness (QED) is 0.851. The summed E-state index contributed by atoms with van der Waals surface area (Å²) in [6.45, 7) is 6.37. The van der Waals surface area contributed by atoms with Crippen molar-refractivity contribution in [2.75, 3.05) is 0 Å². The van der Waals surface area contributed by atoms with Gasteiger partial charge < -0.3 is 0 Å². The standard InChI is InChI=1S/C12H18O4S2/c1-9(2)17(13,14)11-5-7-12(8-6-11)18(15,16)10(3)4/h5-10H,1-4H3. The minimum Gasteiger partial charge on any atom is -0.223 e. The normalized spacial score (nSPS) is 13.2. The molecule has 1 aromatic rings. The lowest BCUT2D eigenvalue weighted by atomic mass is 10.4. The van der Waals surface area contributed by atoms with Crippen molar-refractivity contribution in [2.24, 2.45) is 0 Å². The Bertz CT molecular complexity index is 552. The van der Waals surface area contributed by atoms with Crippen LogP contribution in [0.5, 0.6) is 0 Å². The molecule has 0 atom stereocenters. The first-order valence-electron chi connectivity index (χ1n) is 5.68. The van der Waals surface area contributed by atoms with Gasteiger partial charge in [0.1, 0.15) is 0 Å². The van der Waals surface area contributed by atoms with E-state index in [1.165, 1.54) is 24.3 Å². The van der Waals surface area contributed by atoms with Gasteiger partial charge in [0.2, 0.25) is 0 Å². The topological polar surface area (TPSA) is 68.3 Å². The van der Waals surface area contributed by atoms with Crippen LogP contribution in [-0.4, -0.2) is 27.3 Å². The van der Waals surface area contributed by atoms with Gasteiger partial charge in [0.15, 0.2) is 19.7 Å². The van der Waals surface area contributed by atoms with Crippen molar-refractivity contribution in [3.63, 3.8) is 0 Å². The van der Waals surface area contributed by atoms with Crippen LogP contribution in [0.1, 0.15) is 27.7 Å². The van der Waals surface area contributed by atoms with Crippen LogP contribution in [0.3, 0.4) is 0 Å². The Morgan fingerprint density at radius 1 is 0.667 bits per heavy atom. The maximum absolute atomic E-state index is 11.9. The SMILES string of the molecule is CC(C)S(=O)(=O)c1ccc(S(=O)(=O)C(C)C)cc1. The largest absolute Gasteiger partial charge is 0.223 e.